The van der Waals surface area contributed by atoms with Crippen molar-refractivity contribution >= 4 is 16.9 Å². The molecule has 5 heteroatoms. The predicted octanol–water partition coefficient (Wildman–Crippen LogP) is 4.08. The third kappa shape index (κ3) is 3.73. The Bertz CT molecular complexity index is 700. The van der Waals surface area contributed by atoms with Gasteiger partial charge in [-0.05, 0) is 25.0 Å². The molecule has 0 unspecified atom stereocenters. The van der Waals surface area contributed by atoms with Gasteiger partial charge < -0.3 is 20.1 Å². The SMILES string of the molecule is COc1ccc2c(CNC3CCCCCCC3)c(C(=O)O)[nH]c2c1. The van der Waals surface area contributed by atoms with Crippen LogP contribution in [0.15, 0.2) is 18.2 Å². The van der Waals surface area contributed by atoms with Crippen LogP contribution in [0.3, 0.4) is 0 Å². The lowest BCUT2D eigenvalue weighted by Gasteiger charge is -2.21. The summed E-state index contributed by atoms with van der Waals surface area (Å²) >= 11 is 0. The number of aromatic carboxylic acids is 1. The van der Waals surface area contributed by atoms with Crippen LogP contribution in [0.1, 0.15) is 61.0 Å². The Morgan fingerprint density at radius 2 is 1.96 bits per heavy atom. The Hall–Kier alpha value is -2.01. The molecule has 0 bridgehead atoms. The van der Waals surface area contributed by atoms with Crippen LogP contribution in [0.5, 0.6) is 5.75 Å². The van der Waals surface area contributed by atoms with Crippen molar-refractivity contribution in [3.8, 4) is 5.75 Å². The lowest BCUT2D eigenvalue weighted by atomic mass is 9.96. The molecule has 1 heterocycles. The molecule has 1 fully saturated rings. The zero-order valence-corrected chi connectivity index (χ0v) is 14.2. The lowest BCUT2D eigenvalue weighted by molar-refractivity contribution is 0.0690. The van der Waals surface area contributed by atoms with E-state index >= 15 is 0 Å². The van der Waals surface area contributed by atoms with Gasteiger partial charge in [0.25, 0.3) is 0 Å². The van der Waals surface area contributed by atoms with E-state index in [1.807, 2.05) is 18.2 Å². The van der Waals surface area contributed by atoms with Gasteiger partial charge >= 0.3 is 5.97 Å². The Kier molecular flexibility index (Phi) is 5.41. The Morgan fingerprint density at radius 1 is 1.25 bits per heavy atom. The number of carbonyl (C=O) groups is 1. The molecule has 5 nitrogen and oxygen atoms in total. The molecule has 2 aromatic rings. The Balaban J connectivity index is 1.81. The maximum Gasteiger partial charge on any atom is 0.352 e. The number of fused-ring (bicyclic) bond motifs is 1. The van der Waals surface area contributed by atoms with E-state index in [2.05, 4.69) is 10.3 Å². The third-order valence-electron chi connectivity index (χ3n) is 5.00. The number of nitrogens with one attached hydrogen (secondary N) is 2. The normalized spacial score (nSPS) is 16.7. The minimum Gasteiger partial charge on any atom is -0.497 e. The molecule has 0 aliphatic heterocycles. The molecule has 1 saturated carbocycles. The van der Waals surface area contributed by atoms with Crippen molar-refractivity contribution in [3.05, 3.63) is 29.5 Å². The van der Waals surface area contributed by atoms with Gasteiger partial charge in [-0.1, -0.05) is 32.1 Å². The molecule has 1 aliphatic carbocycles. The van der Waals surface area contributed by atoms with Crippen molar-refractivity contribution < 1.29 is 14.6 Å². The summed E-state index contributed by atoms with van der Waals surface area (Å²) in [5, 5.41) is 14.1. The monoisotopic (exact) mass is 330 g/mol. The fraction of sp³-hybridized carbons (Fsp3) is 0.526. The van der Waals surface area contributed by atoms with Crippen LogP contribution in [-0.4, -0.2) is 29.2 Å². The molecule has 1 aromatic heterocycles. The molecule has 0 radical (unpaired) electrons. The first-order valence-electron chi connectivity index (χ1n) is 8.84. The quantitative estimate of drug-likeness (QED) is 0.772. The van der Waals surface area contributed by atoms with Gasteiger partial charge in [0.05, 0.1) is 12.6 Å². The molecule has 130 valence electrons. The number of methoxy groups -OCH3 is 1. The predicted molar refractivity (Wildman–Crippen MR) is 94.8 cm³/mol. The number of carboxylic acids is 1. The maximum absolute atomic E-state index is 11.6. The molecule has 1 aromatic carbocycles. The summed E-state index contributed by atoms with van der Waals surface area (Å²) in [5.74, 6) is -0.195. The first-order valence-corrected chi connectivity index (χ1v) is 8.84. The molecular formula is C19H26N2O3. The lowest BCUT2D eigenvalue weighted by Crippen LogP contribution is -2.29. The van der Waals surface area contributed by atoms with Gasteiger partial charge in [-0.3, -0.25) is 0 Å². The highest BCUT2D eigenvalue weighted by Crippen LogP contribution is 2.27. The number of hydrogen-bond donors (Lipinski definition) is 3. The van der Waals surface area contributed by atoms with Crippen molar-refractivity contribution in [1.29, 1.82) is 0 Å². The van der Waals surface area contributed by atoms with Crippen molar-refractivity contribution in [2.75, 3.05) is 7.11 Å². The van der Waals surface area contributed by atoms with Crippen molar-refractivity contribution in [2.24, 2.45) is 0 Å². The number of rotatable bonds is 5. The number of aromatic amines is 1. The van der Waals surface area contributed by atoms with Gasteiger partial charge in [-0.2, -0.15) is 0 Å². The second-order valence-electron chi connectivity index (χ2n) is 6.62. The van der Waals surface area contributed by atoms with Gasteiger partial charge in [0, 0.05) is 29.6 Å². The topological polar surface area (TPSA) is 74.3 Å². The summed E-state index contributed by atoms with van der Waals surface area (Å²) in [4.78, 5) is 14.6. The largest absolute Gasteiger partial charge is 0.497 e. The Morgan fingerprint density at radius 3 is 2.62 bits per heavy atom. The Labute approximate surface area is 142 Å². The molecule has 0 spiro atoms. The minimum atomic E-state index is -0.917. The highest BCUT2D eigenvalue weighted by Gasteiger charge is 2.19. The summed E-state index contributed by atoms with van der Waals surface area (Å²) in [6.45, 7) is 0.582. The van der Waals surface area contributed by atoms with E-state index in [1.54, 1.807) is 7.11 Å². The summed E-state index contributed by atoms with van der Waals surface area (Å²) < 4.78 is 5.23. The van der Waals surface area contributed by atoms with Crippen LogP contribution < -0.4 is 10.1 Å². The van der Waals surface area contributed by atoms with Crippen LogP contribution >= 0.6 is 0 Å². The summed E-state index contributed by atoms with van der Waals surface area (Å²) in [7, 11) is 1.61. The molecule has 3 N–H and O–H groups in total. The zero-order chi connectivity index (χ0) is 16.9. The molecule has 0 atom stereocenters. The van der Waals surface area contributed by atoms with E-state index in [1.165, 1.54) is 44.9 Å². The van der Waals surface area contributed by atoms with E-state index < -0.39 is 5.97 Å². The first kappa shape index (κ1) is 16.8. The number of benzene rings is 1. The molecule has 24 heavy (non-hydrogen) atoms. The van der Waals surface area contributed by atoms with Gasteiger partial charge in [-0.15, -0.1) is 0 Å². The number of aromatic nitrogens is 1. The minimum absolute atomic E-state index is 0.275. The van der Waals surface area contributed by atoms with Crippen LogP contribution in [-0.2, 0) is 6.54 Å². The van der Waals surface area contributed by atoms with Crippen LogP contribution in [0.2, 0.25) is 0 Å². The molecular weight excluding hydrogens is 304 g/mol. The van der Waals surface area contributed by atoms with Gasteiger partial charge in [0.1, 0.15) is 11.4 Å². The van der Waals surface area contributed by atoms with Gasteiger partial charge in [-0.25, -0.2) is 4.79 Å². The van der Waals surface area contributed by atoms with E-state index in [0.29, 0.717) is 12.6 Å². The average Bonchev–Trinajstić information content (AvgIpc) is 2.92. The maximum atomic E-state index is 11.6. The second kappa shape index (κ2) is 7.71. The fourth-order valence-corrected chi connectivity index (χ4v) is 3.63. The van der Waals surface area contributed by atoms with Crippen LogP contribution in [0.25, 0.3) is 10.9 Å². The summed E-state index contributed by atoms with van der Waals surface area (Å²) in [6, 6.07) is 6.14. The third-order valence-corrected chi connectivity index (χ3v) is 5.00. The van der Waals surface area contributed by atoms with Crippen LogP contribution in [0, 0.1) is 0 Å². The van der Waals surface area contributed by atoms with Crippen molar-refractivity contribution in [2.45, 2.75) is 57.5 Å². The standard InChI is InChI=1S/C19H26N2O3/c1-24-14-9-10-15-16(18(19(22)23)21-17(15)11-14)12-20-13-7-5-3-2-4-6-8-13/h9-11,13,20-21H,2-8,12H2,1H3,(H,22,23). The first-order chi connectivity index (χ1) is 11.7. The smallest absolute Gasteiger partial charge is 0.352 e. The van der Waals surface area contributed by atoms with E-state index in [4.69, 9.17) is 4.74 Å². The average molecular weight is 330 g/mol. The van der Waals surface area contributed by atoms with Crippen molar-refractivity contribution in [3.63, 3.8) is 0 Å². The molecule has 1 aliphatic rings. The summed E-state index contributed by atoms with van der Waals surface area (Å²) in [6.07, 6.45) is 8.84. The van der Waals surface area contributed by atoms with Gasteiger partial charge in [0.15, 0.2) is 0 Å². The fourth-order valence-electron chi connectivity index (χ4n) is 3.63. The number of ether oxygens (including phenoxy) is 1. The number of carboxylic acid groups (broad SMARTS) is 1. The van der Waals surface area contributed by atoms with Crippen molar-refractivity contribution in [1.82, 2.24) is 10.3 Å². The highest BCUT2D eigenvalue weighted by atomic mass is 16.5. The molecule has 3 rings (SSSR count). The van der Waals surface area contributed by atoms with E-state index in [9.17, 15) is 9.90 Å². The zero-order valence-electron chi connectivity index (χ0n) is 14.2. The number of hydrogen-bond acceptors (Lipinski definition) is 3. The molecule has 0 amide bonds. The second-order valence-corrected chi connectivity index (χ2v) is 6.62. The van der Waals surface area contributed by atoms with Crippen LogP contribution in [0.4, 0.5) is 0 Å². The van der Waals surface area contributed by atoms with E-state index in [0.717, 1.165) is 22.2 Å². The van der Waals surface area contributed by atoms with E-state index in [-0.39, 0.29) is 5.69 Å². The van der Waals surface area contributed by atoms with Gasteiger partial charge in [0.2, 0.25) is 0 Å². The summed E-state index contributed by atoms with van der Waals surface area (Å²) in [5.41, 5.74) is 1.92. The highest BCUT2D eigenvalue weighted by molar-refractivity contribution is 5.97. The molecule has 0 saturated heterocycles. The number of H-pyrrole nitrogens is 1.